The lowest BCUT2D eigenvalue weighted by molar-refractivity contribution is 1.38. The second-order valence-electron chi connectivity index (χ2n) is 5.64. The van der Waals surface area contributed by atoms with E-state index >= 15 is 0 Å². The van der Waals surface area contributed by atoms with Crippen LogP contribution in [0.25, 0.3) is 16.3 Å². The number of aryl methyl sites for hydroxylation is 2. The lowest BCUT2D eigenvalue weighted by Crippen LogP contribution is -1.87. The Labute approximate surface area is 144 Å². The van der Waals surface area contributed by atoms with Crippen molar-refractivity contribution in [3.8, 4) is 0 Å². The van der Waals surface area contributed by atoms with Crippen molar-refractivity contribution < 1.29 is 0 Å². The Morgan fingerprint density at radius 3 is 2.78 bits per heavy atom. The molecule has 0 aliphatic carbocycles. The first-order chi connectivity index (χ1) is 11.2. The molecule has 0 atom stereocenters. The number of aromatic nitrogens is 1. The van der Waals surface area contributed by atoms with Crippen molar-refractivity contribution in [3.63, 3.8) is 0 Å². The molecule has 0 saturated heterocycles. The molecule has 23 heavy (non-hydrogen) atoms. The molecular formula is C19H16N2S2. The Morgan fingerprint density at radius 2 is 1.87 bits per heavy atom. The van der Waals surface area contributed by atoms with Crippen LogP contribution >= 0.6 is 23.1 Å². The molecule has 2 aromatic carbocycles. The van der Waals surface area contributed by atoms with Gasteiger partial charge >= 0.3 is 0 Å². The summed E-state index contributed by atoms with van der Waals surface area (Å²) in [5.74, 6) is 0. The zero-order valence-corrected chi connectivity index (χ0v) is 14.6. The Morgan fingerprint density at radius 1 is 1.04 bits per heavy atom. The third-order valence-electron chi connectivity index (χ3n) is 3.66. The summed E-state index contributed by atoms with van der Waals surface area (Å²) in [7, 11) is 0. The van der Waals surface area contributed by atoms with E-state index in [0.717, 1.165) is 15.6 Å². The summed E-state index contributed by atoms with van der Waals surface area (Å²) in [4.78, 5) is 5.95. The van der Waals surface area contributed by atoms with Gasteiger partial charge in [-0.15, -0.1) is 11.3 Å². The van der Waals surface area contributed by atoms with Crippen molar-refractivity contribution in [1.82, 2.24) is 4.98 Å². The van der Waals surface area contributed by atoms with E-state index in [1.807, 2.05) is 0 Å². The summed E-state index contributed by atoms with van der Waals surface area (Å²) in [5.41, 5.74) is 4.81. The Balaban J connectivity index is 1.53. The standard InChI is InChI=1S/C19H16N2S2/c1-12-6-8-16-14(10-12)20-18(22-16)4-3-5-19-21-15-11-13(2)7-9-17(15)23-19/h3-11,20H,1-2H3. The summed E-state index contributed by atoms with van der Waals surface area (Å²) >= 11 is 3.49. The van der Waals surface area contributed by atoms with E-state index < -0.39 is 0 Å². The fourth-order valence-electron chi connectivity index (χ4n) is 2.53. The highest BCUT2D eigenvalue weighted by molar-refractivity contribution is 8.03. The lowest BCUT2D eigenvalue weighted by atomic mass is 10.2. The lowest BCUT2D eigenvalue weighted by Gasteiger charge is -1.98. The maximum Gasteiger partial charge on any atom is 0.117 e. The van der Waals surface area contributed by atoms with Gasteiger partial charge in [0.25, 0.3) is 0 Å². The van der Waals surface area contributed by atoms with Crippen LogP contribution in [0.4, 0.5) is 5.69 Å². The molecular weight excluding hydrogens is 320 g/mol. The van der Waals surface area contributed by atoms with E-state index in [1.165, 1.54) is 26.4 Å². The van der Waals surface area contributed by atoms with Gasteiger partial charge in [0.2, 0.25) is 0 Å². The highest BCUT2D eigenvalue weighted by atomic mass is 32.2. The number of rotatable bonds is 2. The Hall–Kier alpha value is -2.04. The molecule has 2 heterocycles. The molecule has 2 nitrogen and oxygen atoms in total. The van der Waals surface area contributed by atoms with Gasteiger partial charge in [-0.25, -0.2) is 4.98 Å². The minimum atomic E-state index is 1.04. The predicted octanol–water partition coefficient (Wildman–Crippen LogP) is 5.99. The van der Waals surface area contributed by atoms with Crippen LogP contribution < -0.4 is 5.32 Å². The third kappa shape index (κ3) is 3.05. The number of anilines is 1. The third-order valence-corrected chi connectivity index (χ3v) is 5.69. The molecule has 0 fully saturated rings. The van der Waals surface area contributed by atoms with E-state index in [9.17, 15) is 0 Å². The Kier molecular flexibility index (Phi) is 3.71. The van der Waals surface area contributed by atoms with Gasteiger partial charge in [0.15, 0.2) is 0 Å². The summed E-state index contributed by atoms with van der Waals surface area (Å²) in [6, 6.07) is 12.9. The van der Waals surface area contributed by atoms with Gasteiger partial charge in [-0.3, -0.25) is 0 Å². The topological polar surface area (TPSA) is 24.9 Å². The average molecular weight is 336 g/mol. The second kappa shape index (κ2) is 5.87. The predicted molar refractivity (Wildman–Crippen MR) is 102 cm³/mol. The van der Waals surface area contributed by atoms with Crippen LogP contribution in [0.3, 0.4) is 0 Å². The van der Waals surface area contributed by atoms with Crippen LogP contribution in [0.15, 0.2) is 58.5 Å². The van der Waals surface area contributed by atoms with Gasteiger partial charge in [0, 0.05) is 4.90 Å². The molecule has 0 unspecified atom stereocenters. The highest BCUT2D eigenvalue weighted by Crippen LogP contribution is 2.41. The van der Waals surface area contributed by atoms with Crippen molar-refractivity contribution in [1.29, 1.82) is 0 Å². The largest absolute Gasteiger partial charge is 0.349 e. The maximum absolute atomic E-state index is 4.66. The van der Waals surface area contributed by atoms with E-state index in [1.54, 1.807) is 23.1 Å². The first kappa shape index (κ1) is 14.5. The van der Waals surface area contributed by atoms with Gasteiger partial charge in [0.1, 0.15) is 5.01 Å². The molecule has 1 aliphatic heterocycles. The highest BCUT2D eigenvalue weighted by Gasteiger charge is 2.14. The van der Waals surface area contributed by atoms with Crippen LogP contribution in [0, 0.1) is 13.8 Å². The van der Waals surface area contributed by atoms with Gasteiger partial charge in [-0.05, 0) is 61.4 Å². The average Bonchev–Trinajstić information content (AvgIpc) is 3.09. The number of hydrogen-bond donors (Lipinski definition) is 1. The molecule has 0 spiro atoms. The van der Waals surface area contributed by atoms with Crippen molar-refractivity contribution >= 4 is 45.1 Å². The quantitative estimate of drug-likeness (QED) is 0.622. The van der Waals surface area contributed by atoms with E-state index in [0.29, 0.717) is 0 Å². The van der Waals surface area contributed by atoms with Gasteiger partial charge in [0.05, 0.1) is 20.9 Å². The first-order valence-corrected chi connectivity index (χ1v) is 9.12. The molecule has 3 aromatic rings. The monoisotopic (exact) mass is 336 g/mol. The van der Waals surface area contributed by atoms with Crippen LogP contribution in [0.2, 0.25) is 0 Å². The summed E-state index contributed by atoms with van der Waals surface area (Å²) in [6.45, 7) is 4.21. The smallest absolute Gasteiger partial charge is 0.117 e. The van der Waals surface area contributed by atoms with E-state index in [4.69, 9.17) is 0 Å². The molecule has 4 heteroatoms. The van der Waals surface area contributed by atoms with Crippen LogP contribution in [-0.2, 0) is 0 Å². The molecule has 0 bridgehead atoms. The number of nitrogens with one attached hydrogen (secondary N) is 1. The molecule has 1 aromatic heterocycles. The first-order valence-electron chi connectivity index (χ1n) is 7.48. The minimum Gasteiger partial charge on any atom is -0.349 e. The molecule has 1 N–H and O–H groups in total. The van der Waals surface area contributed by atoms with Gasteiger partial charge < -0.3 is 5.32 Å². The SMILES string of the molecule is Cc1ccc2c(c1)NC(=CC=Cc1nc3cc(C)ccc3s1)S2. The normalized spacial score (nSPS) is 15.5. The van der Waals surface area contributed by atoms with Crippen molar-refractivity contribution in [2.45, 2.75) is 18.7 Å². The van der Waals surface area contributed by atoms with Crippen molar-refractivity contribution in [2.75, 3.05) is 5.32 Å². The number of allylic oxidation sites excluding steroid dienone is 2. The fraction of sp³-hybridized carbons (Fsp3) is 0.105. The molecule has 0 radical (unpaired) electrons. The van der Waals surface area contributed by atoms with E-state index in [-0.39, 0.29) is 0 Å². The van der Waals surface area contributed by atoms with E-state index in [2.05, 4.69) is 78.8 Å². The molecule has 114 valence electrons. The van der Waals surface area contributed by atoms with Crippen molar-refractivity contribution in [2.24, 2.45) is 0 Å². The summed E-state index contributed by atoms with van der Waals surface area (Å²) in [6.07, 6.45) is 6.25. The number of fused-ring (bicyclic) bond motifs is 2. The zero-order chi connectivity index (χ0) is 15.8. The minimum absolute atomic E-state index is 1.04. The molecule has 0 saturated carbocycles. The maximum atomic E-state index is 4.66. The van der Waals surface area contributed by atoms with Crippen molar-refractivity contribution in [3.05, 3.63) is 69.7 Å². The number of benzene rings is 2. The summed E-state index contributed by atoms with van der Waals surface area (Å²) in [5, 5.41) is 5.64. The van der Waals surface area contributed by atoms with Gasteiger partial charge in [-0.2, -0.15) is 0 Å². The number of hydrogen-bond acceptors (Lipinski definition) is 4. The zero-order valence-electron chi connectivity index (χ0n) is 13.0. The van der Waals surface area contributed by atoms with Crippen LogP contribution in [0.5, 0.6) is 0 Å². The number of nitrogens with zero attached hydrogens (tertiary/aromatic N) is 1. The van der Waals surface area contributed by atoms with Crippen LogP contribution in [-0.4, -0.2) is 4.98 Å². The second-order valence-corrected chi connectivity index (χ2v) is 7.79. The van der Waals surface area contributed by atoms with Crippen LogP contribution in [0.1, 0.15) is 16.1 Å². The molecule has 0 amide bonds. The fourth-order valence-corrected chi connectivity index (χ4v) is 4.29. The van der Waals surface area contributed by atoms with Gasteiger partial charge in [-0.1, -0.05) is 30.0 Å². The molecule has 4 rings (SSSR count). The Bertz CT molecular complexity index is 951. The summed E-state index contributed by atoms with van der Waals surface area (Å²) < 4.78 is 1.24. The number of thiazole rings is 1. The molecule has 1 aliphatic rings. The number of thioether (sulfide) groups is 1.